The number of rotatable bonds is 7. The number of ether oxygens (including phenoxy) is 3. The molecule has 8 nitrogen and oxygen atoms in total. The van der Waals surface area contributed by atoms with Gasteiger partial charge in [-0.2, -0.15) is 0 Å². The van der Waals surface area contributed by atoms with Crippen LogP contribution in [0.25, 0.3) is 0 Å². The van der Waals surface area contributed by atoms with E-state index in [4.69, 9.17) is 14.2 Å². The van der Waals surface area contributed by atoms with Gasteiger partial charge in [-0.25, -0.2) is 4.39 Å². The summed E-state index contributed by atoms with van der Waals surface area (Å²) in [5.74, 6) is -2.00. The van der Waals surface area contributed by atoms with Crippen molar-refractivity contribution in [2.75, 3.05) is 19.5 Å². The lowest BCUT2D eigenvalue weighted by atomic mass is 9.90. The first-order chi connectivity index (χ1) is 14.8. The zero-order chi connectivity index (χ0) is 22.5. The summed E-state index contributed by atoms with van der Waals surface area (Å²) in [4.78, 5) is 36.9. The van der Waals surface area contributed by atoms with E-state index in [-0.39, 0.29) is 18.7 Å². The summed E-state index contributed by atoms with van der Waals surface area (Å²) in [7, 11) is 3.04. The van der Waals surface area contributed by atoms with Gasteiger partial charge in [-0.3, -0.25) is 14.4 Å². The molecule has 31 heavy (non-hydrogen) atoms. The smallest absolute Gasteiger partial charge is 0.314 e. The standard InChI is InChI=1S/C22H23FN2O6/c1-12(21(27)24-11-13-4-7-18(29-2)19(8-13)30-3)31-22(28)16-10-20(26)25-17-9-14(23)5-6-15(16)17/h4-9,12,16H,10-11H2,1-3H3,(H,24,27)(H,25,26)/t12-,16+/m0/s1. The largest absolute Gasteiger partial charge is 0.493 e. The highest BCUT2D eigenvalue weighted by Crippen LogP contribution is 2.34. The maximum Gasteiger partial charge on any atom is 0.314 e. The number of esters is 1. The second kappa shape index (κ2) is 9.46. The Balaban J connectivity index is 1.61. The fourth-order valence-electron chi connectivity index (χ4n) is 3.28. The van der Waals surface area contributed by atoms with Crippen LogP contribution in [0.1, 0.15) is 30.4 Å². The van der Waals surface area contributed by atoms with Gasteiger partial charge in [0.25, 0.3) is 5.91 Å². The minimum absolute atomic E-state index is 0.141. The normalized spacial score (nSPS) is 15.9. The van der Waals surface area contributed by atoms with Crippen molar-refractivity contribution in [3.05, 3.63) is 53.3 Å². The lowest BCUT2D eigenvalue weighted by molar-refractivity contribution is -0.157. The Labute approximate surface area is 178 Å². The van der Waals surface area contributed by atoms with Crippen molar-refractivity contribution in [2.45, 2.75) is 31.9 Å². The minimum Gasteiger partial charge on any atom is -0.493 e. The van der Waals surface area contributed by atoms with Crippen LogP contribution in [0.3, 0.4) is 0 Å². The van der Waals surface area contributed by atoms with E-state index in [9.17, 15) is 18.8 Å². The molecule has 2 amide bonds. The van der Waals surface area contributed by atoms with Crippen LogP contribution in [0.2, 0.25) is 0 Å². The SMILES string of the molecule is COc1ccc(CNC(=O)[C@H](C)OC(=O)[C@@H]2CC(=O)Nc3cc(F)ccc32)cc1OC. The Morgan fingerprint density at radius 2 is 1.90 bits per heavy atom. The highest BCUT2D eigenvalue weighted by Gasteiger charge is 2.33. The van der Waals surface area contributed by atoms with Crippen LogP contribution in [0.4, 0.5) is 10.1 Å². The van der Waals surface area contributed by atoms with Crippen LogP contribution in [-0.4, -0.2) is 38.1 Å². The molecule has 1 heterocycles. The summed E-state index contributed by atoms with van der Waals surface area (Å²) >= 11 is 0. The summed E-state index contributed by atoms with van der Waals surface area (Å²) in [6.07, 6.45) is -1.22. The minimum atomic E-state index is -1.08. The van der Waals surface area contributed by atoms with Gasteiger partial charge in [-0.05, 0) is 42.3 Å². The van der Waals surface area contributed by atoms with E-state index in [2.05, 4.69) is 10.6 Å². The Kier molecular flexibility index (Phi) is 6.74. The van der Waals surface area contributed by atoms with Gasteiger partial charge in [0.15, 0.2) is 17.6 Å². The van der Waals surface area contributed by atoms with E-state index in [1.54, 1.807) is 18.2 Å². The second-order valence-corrected chi connectivity index (χ2v) is 7.02. The molecule has 2 aromatic rings. The molecule has 0 unspecified atom stereocenters. The highest BCUT2D eigenvalue weighted by atomic mass is 19.1. The Hall–Kier alpha value is -3.62. The molecule has 9 heteroatoms. The number of methoxy groups -OCH3 is 2. The molecule has 0 saturated carbocycles. The van der Waals surface area contributed by atoms with Crippen molar-refractivity contribution in [1.82, 2.24) is 5.32 Å². The molecule has 2 N–H and O–H groups in total. The Morgan fingerprint density at radius 1 is 1.16 bits per heavy atom. The van der Waals surface area contributed by atoms with Gasteiger partial charge in [0.1, 0.15) is 5.82 Å². The number of nitrogens with one attached hydrogen (secondary N) is 2. The summed E-state index contributed by atoms with van der Waals surface area (Å²) in [6.45, 7) is 1.63. The van der Waals surface area contributed by atoms with Crippen molar-refractivity contribution < 1.29 is 33.0 Å². The third-order valence-electron chi connectivity index (χ3n) is 4.92. The zero-order valence-electron chi connectivity index (χ0n) is 17.4. The van der Waals surface area contributed by atoms with Crippen LogP contribution >= 0.6 is 0 Å². The Morgan fingerprint density at radius 3 is 2.61 bits per heavy atom. The summed E-state index contributed by atoms with van der Waals surface area (Å²) in [5.41, 5.74) is 1.44. The average molecular weight is 430 g/mol. The van der Waals surface area contributed by atoms with E-state index in [0.717, 1.165) is 11.6 Å². The fraction of sp³-hybridized carbons (Fsp3) is 0.318. The van der Waals surface area contributed by atoms with E-state index in [1.807, 2.05) is 0 Å². The molecular weight excluding hydrogens is 407 g/mol. The summed E-state index contributed by atoms with van der Waals surface area (Å²) < 4.78 is 29.1. The lowest BCUT2D eigenvalue weighted by Crippen LogP contribution is -2.37. The quantitative estimate of drug-likeness (QED) is 0.655. The van der Waals surface area contributed by atoms with E-state index in [1.165, 1.54) is 33.3 Å². The van der Waals surface area contributed by atoms with E-state index < -0.39 is 35.6 Å². The molecule has 1 aliphatic rings. The first-order valence-electron chi connectivity index (χ1n) is 9.60. The molecule has 0 spiro atoms. The van der Waals surface area contributed by atoms with Gasteiger partial charge in [0, 0.05) is 18.7 Å². The molecule has 0 fully saturated rings. The van der Waals surface area contributed by atoms with Crippen molar-refractivity contribution in [3.8, 4) is 11.5 Å². The zero-order valence-corrected chi connectivity index (χ0v) is 17.4. The molecule has 164 valence electrons. The molecule has 0 radical (unpaired) electrons. The van der Waals surface area contributed by atoms with E-state index >= 15 is 0 Å². The van der Waals surface area contributed by atoms with E-state index in [0.29, 0.717) is 17.1 Å². The predicted octanol–water partition coefficient (Wildman–Crippen LogP) is 2.52. The number of halogens is 1. The molecule has 0 saturated heterocycles. The number of hydrogen-bond donors (Lipinski definition) is 2. The highest BCUT2D eigenvalue weighted by molar-refractivity contribution is 6.00. The van der Waals surface area contributed by atoms with Gasteiger partial charge < -0.3 is 24.8 Å². The number of carbonyl (C=O) groups is 3. The van der Waals surface area contributed by atoms with Gasteiger partial charge in [0.05, 0.1) is 20.1 Å². The number of amides is 2. The third kappa shape index (κ3) is 5.11. The molecule has 3 rings (SSSR count). The van der Waals surface area contributed by atoms with Crippen LogP contribution in [0.15, 0.2) is 36.4 Å². The second-order valence-electron chi connectivity index (χ2n) is 7.02. The van der Waals surface area contributed by atoms with Crippen molar-refractivity contribution in [2.24, 2.45) is 0 Å². The first kappa shape index (κ1) is 22.1. The third-order valence-corrected chi connectivity index (χ3v) is 4.92. The molecular formula is C22H23FN2O6. The fourth-order valence-corrected chi connectivity index (χ4v) is 3.28. The maximum absolute atomic E-state index is 13.4. The van der Waals surface area contributed by atoms with Crippen LogP contribution < -0.4 is 20.1 Å². The Bertz CT molecular complexity index is 1010. The number of hydrogen-bond acceptors (Lipinski definition) is 6. The number of benzene rings is 2. The summed E-state index contributed by atoms with van der Waals surface area (Å²) in [6, 6.07) is 9.00. The molecule has 0 aliphatic carbocycles. The van der Waals surface area contributed by atoms with Crippen molar-refractivity contribution in [3.63, 3.8) is 0 Å². The average Bonchev–Trinajstić information content (AvgIpc) is 2.76. The number of fused-ring (bicyclic) bond motifs is 1. The van der Waals surface area contributed by atoms with Crippen LogP contribution in [-0.2, 0) is 25.7 Å². The number of anilines is 1. The molecule has 1 aliphatic heterocycles. The maximum atomic E-state index is 13.4. The number of carbonyl (C=O) groups excluding carboxylic acids is 3. The molecule has 0 aromatic heterocycles. The molecule has 2 aromatic carbocycles. The van der Waals surface area contributed by atoms with Crippen molar-refractivity contribution in [1.29, 1.82) is 0 Å². The predicted molar refractivity (Wildman–Crippen MR) is 109 cm³/mol. The monoisotopic (exact) mass is 430 g/mol. The summed E-state index contributed by atoms with van der Waals surface area (Å²) in [5, 5.41) is 5.22. The van der Waals surface area contributed by atoms with Gasteiger partial charge in [-0.15, -0.1) is 0 Å². The van der Waals surface area contributed by atoms with Crippen LogP contribution in [0, 0.1) is 5.82 Å². The molecule has 2 atom stereocenters. The molecule has 0 bridgehead atoms. The lowest BCUT2D eigenvalue weighted by Gasteiger charge is -2.25. The first-order valence-corrected chi connectivity index (χ1v) is 9.60. The van der Waals surface area contributed by atoms with Crippen molar-refractivity contribution >= 4 is 23.5 Å². The topological polar surface area (TPSA) is 103 Å². The van der Waals surface area contributed by atoms with Gasteiger partial charge in [0.2, 0.25) is 5.91 Å². The van der Waals surface area contributed by atoms with Gasteiger partial charge in [-0.1, -0.05) is 12.1 Å². The van der Waals surface area contributed by atoms with Crippen LogP contribution in [0.5, 0.6) is 11.5 Å². The van der Waals surface area contributed by atoms with Gasteiger partial charge >= 0.3 is 5.97 Å².